The number of carbonyl (C=O) groups is 1. The SMILES string of the molecule is CC(C)(C)OC(=O)CC/C=C\COC1[C@H](OCc2ccc(Br)cc2)CC[C@@H]1N1CCCCCC1. The van der Waals surface area contributed by atoms with E-state index in [1.54, 1.807) is 0 Å². The van der Waals surface area contributed by atoms with Gasteiger partial charge in [0.1, 0.15) is 5.60 Å². The Kier molecular flexibility index (Phi) is 11.1. The summed E-state index contributed by atoms with van der Waals surface area (Å²) in [5, 5.41) is 0. The zero-order valence-electron chi connectivity index (χ0n) is 21.1. The van der Waals surface area contributed by atoms with Crippen LogP contribution in [0.25, 0.3) is 0 Å². The fraction of sp³-hybridized carbons (Fsp3) is 0.679. The Bertz CT molecular complexity index is 766. The molecule has 34 heavy (non-hydrogen) atoms. The van der Waals surface area contributed by atoms with E-state index in [1.807, 2.05) is 32.9 Å². The molecule has 3 rings (SSSR count). The van der Waals surface area contributed by atoms with Crippen LogP contribution >= 0.6 is 15.9 Å². The van der Waals surface area contributed by atoms with Gasteiger partial charge in [-0.05, 0) is 83.7 Å². The van der Waals surface area contributed by atoms with Crippen molar-refractivity contribution in [3.63, 3.8) is 0 Å². The van der Waals surface area contributed by atoms with Crippen molar-refractivity contribution in [2.75, 3.05) is 19.7 Å². The van der Waals surface area contributed by atoms with Crippen molar-refractivity contribution in [2.24, 2.45) is 0 Å². The summed E-state index contributed by atoms with van der Waals surface area (Å²) in [5.41, 5.74) is 0.752. The van der Waals surface area contributed by atoms with Gasteiger partial charge < -0.3 is 14.2 Å². The zero-order valence-corrected chi connectivity index (χ0v) is 22.7. The molecule has 1 aromatic carbocycles. The average molecular weight is 537 g/mol. The predicted molar refractivity (Wildman–Crippen MR) is 140 cm³/mol. The Labute approximate surface area is 214 Å². The highest BCUT2D eigenvalue weighted by atomic mass is 79.9. The fourth-order valence-electron chi connectivity index (χ4n) is 4.86. The first-order chi connectivity index (χ1) is 16.3. The van der Waals surface area contributed by atoms with Crippen molar-refractivity contribution in [2.45, 2.75) is 103 Å². The van der Waals surface area contributed by atoms with E-state index in [-0.39, 0.29) is 18.2 Å². The van der Waals surface area contributed by atoms with Crippen molar-refractivity contribution < 1.29 is 19.0 Å². The van der Waals surface area contributed by atoms with Crippen LogP contribution in [0.15, 0.2) is 40.9 Å². The summed E-state index contributed by atoms with van der Waals surface area (Å²) < 4.78 is 19.3. The zero-order chi connectivity index (χ0) is 24.4. The topological polar surface area (TPSA) is 48.0 Å². The second-order valence-electron chi connectivity index (χ2n) is 10.5. The van der Waals surface area contributed by atoms with Gasteiger partial charge in [-0.25, -0.2) is 0 Å². The van der Waals surface area contributed by atoms with E-state index in [4.69, 9.17) is 14.2 Å². The molecule has 0 bridgehead atoms. The number of allylic oxidation sites excluding steroid dienone is 1. The highest BCUT2D eigenvalue weighted by molar-refractivity contribution is 9.10. The summed E-state index contributed by atoms with van der Waals surface area (Å²) >= 11 is 3.50. The lowest BCUT2D eigenvalue weighted by molar-refractivity contribution is -0.154. The highest BCUT2D eigenvalue weighted by Gasteiger charge is 2.40. The maximum atomic E-state index is 11.9. The number of benzene rings is 1. The minimum atomic E-state index is -0.431. The third-order valence-corrected chi connectivity index (χ3v) is 7.00. The molecule has 0 spiro atoms. The molecule has 0 N–H and O–H groups in total. The Morgan fingerprint density at radius 2 is 1.74 bits per heavy atom. The predicted octanol–water partition coefficient (Wildman–Crippen LogP) is 6.44. The highest BCUT2D eigenvalue weighted by Crippen LogP contribution is 2.32. The molecule has 0 aromatic heterocycles. The second kappa shape index (κ2) is 13.8. The summed E-state index contributed by atoms with van der Waals surface area (Å²) in [6.07, 6.45) is 12.7. The molecule has 1 aromatic rings. The molecule has 2 aliphatic rings. The molecule has 1 aliphatic heterocycles. The molecular formula is C28H42BrNO4. The Morgan fingerprint density at radius 1 is 1.03 bits per heavy atom. The van der Waals surface area contributed by atoms with Crippen molar-refractivity contribution in [1.82, 2.24) is 4.90 Å². The molecule has 1 heterocycles. The number of esters is 1. The molecule has 0 radical (unpaired) electrons. The van der Waals surface area contributed by atoms with E-state index >= 15 is 0 Å². The van der Waals surface area contributed by atoms with Crippen molar-refractivity contribution in [3.8, 4) is 0 Å². The number of hydrogen-bond acceptors (Lipinski definition) is 5. The van der Waals surface area contributed by atoms with Crippen LogP contribution in [0.2, 0.25) is 0 Å². The van der Waals surface area contributed by atoms with Crippen LogP contribution in [0.1, 0.15) is 77.7 Å². The summed E-state index contributed by atoms with van der Waals surface area (Å²) in [6, 6.07) is 8.75. The fourth-order valence-corrected chi connectivity index (χ4v) is 5.12. The van der Waals surface area contributed by atoms with Gasteiger partial charge in [-0.2, -0.15) is 0 Å². The summed E-state index contributed by atoms with van der Waals surface area (Å²) in [7, 11) is 0. The minimum Gasteiger partial charge on any atom is -0.460 e. The van der Waals surface area contributed by atoms with E-state index in [0.717, 1.165) is 30.4 Å². The summed E-state index contributed by atoms with van der Waals surface area (Å²) in [5.74, 6) is -0.156. The van der Waals surface area contributed by atoms with E-state index in [9.17, 15) is 4.79 Å². The van der Waals surface area contributed by atoms with Gasteiger partial charge in [0.25, 0.3) is 0 Å². The Morgan fingerprint density at radius 3 is 2.41 bits per heavy atom. The number of rotatable bonds is 10. The average Bonchev–Trinajstić information content (AvgIpc) is 2.98. The van der Waals surface area contributed by atoms with Gasteiger partial charge in [-0.15, -0.1) is 0 Å². The van der Waals surface area contributed by atoms with Crippen LogP contribution < -0.4 is 0 Å². The van der Waals surface area contributed by atoms with E-state index in [1.165, 1.54) is 31.2 Å². The van der Waals surface area contributed by atoms with Gasteiger partial charge in [-0.3, -0.25) is 9.69 Å². The first kappa shape index (κ1) is 27.4. The first-order valence-electron chi connectivity index (χ1n) is 12.9. The van der Waals surface area contributed by atoms with Crippen LogP contribution in [0.4, 0.5) is 0 Å². The lowest BCUT2D eigenvalue weighted by Crippen LogP contribution is -2.45. The van der Waals surface area contributed by atoms with Gasteiger partial charge in [0, 0.05) is 16.9 Å². The van der Waals surface area contributed by atoms with Gasteiger partial charge in [-0.1, -0.05) is 53.1 Å². The maximum Gasteiger partial charge on any atom is 0.306 e. The first-order valence-corrected chi connectivity index (χ1v) is 13.7. The molecule has 2 fully saturated rings. The third-order valence-electron chi connectivity index (χ3n) is 6.47. The van der Waals surface area contributed by atoms with Gasteiger partial charge >= 0.3 is 5.97 Å². The molecule has 1 saturated heterocycles. The molecule has 1 saturated carbocycles. The number of nitrogens with zero attached hydrogens (tertiary/aromatic N) is 1. The maximum absolute atomic E-state index is 11.9. The lowest BCUT2D eigenvalue weighted by atomic mass is 10.1. The molecule has 1 unspecified atom stereocenters. The molecule has 5 nitrogen and oxygen atoms in total. The summed E-state index contributed by atoms with van der Waals surface area (Å²) in [6.45, 7) is 9.16. The minimum absolute atomic E-state index is 0.0732. The number of likely N-dealkylation sites (tertiary alicyclic amines) is 1. The Balaban J connectivity index is 1.52. The second-order valence-corrected chi connectivity index (χ2v) is 11.4. The van der Waals surface area contributed by atoms with Crippen LogP contribution in [0.3, 0.4) is 0 Å². The smallest absolute Gasteiger partial charge is 0.306 e. The molecule has 0 amide bonds. The van der Waals surface area contributed by atoms with Crippen LogP contribution in [-0.2, 0) is 25.6 Å². The van der Waals surface area contributed by atoms with Crippen molar-refractivity contribution in [1.29, 1.82) is 0 Å². The van der Waals surface area contributed by atoms with Gasteiger partial charge in [0.2, 0.25) is 0 Å². The monoisotopic (exact) mass is 535 g/mol. The van der Waals surface area contributed by atoms with Gasteiger partial charge in [0.15, 0.2) is 0 Å². The van der Waals surface area contributed by atoms with Crippen molar-refractivity contribution in [3.05, 3.63) is 46.5 Å². The molecule has 1 aliphatic carbocycles. The number of halogens is 1. The number of carbonyl (C=O) groups excluding carboxylic acids is 1. The van der Waals surface area contributed by atoms with Crippen molar-refractivity contribution >= 4 is 21.9 Å². The molecule has 3 atom stereocenters. The number of ether oxygens (including phenoxy) is 3. The Hall–Kier alpha value is -1.21. The lowest BCUT2D eigenvalue weighted by Gasteiger charge is -2.33. The van der Waals surface area contributed by atoms with E-state index in [0.29, 0.717) is 32.1 Å². The molecule has 6 heteroatoms. The molecule has 190 valence electrons. The molecular weight excluding hydrogens is 494 g/mol. The number of hydrogen-bond donors (Lipinski definition) is 0. The quantitative estimate of drug-likeness (QED) is 0.255. The normalized spacial score (nSPS) is 24.4. The van der Waals surface area contributed by atoms with E-state index < -0.39 is 5.60 Å². The van der Waals surface area contributed by atoms with Crippen LogP contribution in [0.5, 0.6) is 0 Å². The third kappa shape index (κ3) is 9.44. The van der Waals surface area contributed by atoms with Gasteiger partial charge in [0.05, 0.1) is 25.4 Å². The summed E-state index contributed by atoms with van der Waals surface area (Å²) in [4.78, 5) is 14.5. The largest absolute Gasteiger partial charge is 0.460 e. The van der Waals surface area contributed by atoms with E-state index in [2.05, 4.69) is 45.1 Å². The standard InChI is InChI=1S/C28H42BrNO4/c1-28(2,3)34-26(31)11-7-6-10-20-32-27-24(30-18-8-4-5-9-19-30)16-17-25(27)33-21-22-12-14-23(29)15-13-22/h6,10,12-15,24-25,27H,4-5,7-9,11,16-21H2,1-3H3/b10-6-/t24-,25+,27?/m0/s1. The van der Waals surface area contributed by atoms with Crippen LogP contribution in [-0.4, -0.2) is 54.4 Å². The van der Waals surface area contributed by atoms with Crippen LogP contribution in [0, 0.1) is 0 Å².